The first-order valence-corrected chi connectivity index (χ1v) is 16.5. The molecule has 0 spiro atoms. The zero-order valence-electron chi connectivity index (χ0n) is 22.5. The van der Waals surface area contributed by atoms with Gasteiger partial charge in [-0.1, -0.05) is 35.9 Å². The molecule has 0 aliphatic carbocycles. The molecule has 9 nitrogen and oxygen atoms in total. The third kappa shape index (κ3) is 6.01. The molecule has 1 atom stereocenters. The number of nitrogens with zero attached hydrogens (tertiary/aromatic N) is 5. The van der Waals surface area contributed by atoms with Crippen molar-refractivity contribution in [1.82, 2.24) is 13.9 Å². The second kappa shape index (κ2) is 11.3. The molecule has 1 aromatic heterocycles. The Morgan fingerprint density at radius 1 is 1.07 bits per heavy atom. The molecular weight excluding hydrogens is 582 g/mol. The zero-order valence-corrected chi connectivity index (χ0v) is 24.9. The number of imidazole rings is 1. The molecule has 4 aromatic rings. The molecule has 0 saturated heterocycles. The number of anilines is 1. The van der Waals surface area contributed by atoms with Gasteiger partial charge in [-0.25, -0.2) is 21.8 Å². The maximum atomic E-state index is 14.3. The molecule has 0 saturated carbocycles. The monoisotopic (exact) mass is 609 g/mol. The summed E-state index contributed by atoms with van der Waals surface area (Å²) >= 11 is 6.40. The normalized spacial score (nSPS) is 15.5. The third-order valence-corrected chi connectivity index (χ3v) is 10.8. The molecule has 212 valence electrons. The summed E-state index contributed by atoms with van der Waals surface area (Å²) in [7, 11) is -5.62. The average Bonchev–Trinajstić information content (AvgIpc) is 3.35. The summed E-state index contributed by atoms with van der Waals surface area (Å²) in [5, 5.41) is 9.68. The molecule has 0 N–H and O–H groups in total. The van der Waals surface area contributed by atoms with Crippen LogP contribution in [0.3, 0.4) is 0 Å². The van der Waals surface area contributed by atoms with Crippen molar-refractivity contribution in [1.29, 1.82) is 5.26 Å². The number of benzene rings is 3. The number of sulfone groups is 1. The van der Waals surface area contributed by atoms with Crippen LogP contribution in [0.4, 0.5) is 5.69 Å². The summed E-state index contributed by atoms with van der Waals surface area (Å²) in [6, 6.07) is 19.7. The number of fused-ring (bicyclic) bond motifs is 1. The van der Waals surface area contributed by atoms with Gasteiger partial charge >= 0.3 is 0 Å². The Kier molecular flexibility index (Phi) is 7.94. The van der Waals surface area contributed by atoms with E-state index < -0.39 is 25.9 Å². The highest BCUT2D eigenvalue weighted by Gasteiger charge is 2.37. The quantitative estimate of drug-likeness (QED) is 0.294. The lowest BCUT2D eigenvalue weighted by atomic mass is 9.95. The molecule has 5 rings (SSSR count). The van der Waals surface area contributed by atoms with E-state index in [1.165, 1.54) is 28.6 Å². The lowest BCUT2D eigenvalue weighted by Gasteiger charge is -2.41. The van der Waals surface area contributed by atoms with E-state index in [4.69, 9.17) is 11.6 Å². The number of aromatic nitrogens is 2. The molecule has 3 aromatic carbocycles. The topological polar surface area (TPSA) is 116 Å². The van der Waals surface area contributed by atoms with E-state index in [-0.39, 0.29) is 21.4 Å². The van der Waals surface area contributed by atoms with Crippen molar-refractivity contribution < 1.29 is 16.8 Å². The Balaban J connectivity index is 1.60. The van der Waals surface area contributed by atoms with Gasteiger partial charge in [0, 0.05) is 44.3 Å². The number of rotatable bonds is 8. The van der Waals surface area contributed by atoms with Crippen LogP contribution in [0.15, 0.2) is 89.0 Å². The second-order valence-corrected chi connectivity index (χ2v) is 14.4. The fourth-order valence-corrected chi connectivity index (χ4v) is 7.81. The molecule has 2 heterocycles. The van der Waals surface area contributed by atoms with Crippen molar-refractivity contribution in [2.45, 2.75) is 35.3 Å². The highest BCUT2D eigenvalue weighted by atomic mass is 35.5. The van der Waals surface area contributed by atoms with Gasteiger partial charge in [-0.05, 0) is 60.0 Å². The van der Waals surface area contributed by atoms with Crippen molar-refractivity contribution >= 4 is 37.1 Å². The largest absolute Gasteiger partial charge is 0.364 e. The number of hydrogen-bond acceptors (Lipinski definition) is 7. The van der Waals surface area contributed by atoms with Gasteiger partial charge in [-0.2, -0.15) is 9.57 Å². The SMILES string of the molecule is Cn1cncc1CN1CC(N(Cc2ccc(S(C)(=O)=O)cc2)S(=O)(=O)c2ccccc2Cl)Cc2cc(C#N)ccc21. The Hall–Kier alpha value is -3.69. The first kappa shape index (κ1) is 28.8. The maximum Gasteiger partial charge on any atom is 0.245 e. The van der Waals surface area contributed by atoms with Crippen molar-refractivity contribution in [2.24, 2.45) is 7.05 Å². The number of hydrogen-bond donors (Lipinski definition) is 0. The third-order valence-electron chi connectivity index (χ3n) is 7.23. The van der Waals surface area contributed by atoms with Gasteiger partial charge in [0.2, 0.25) is 10.0 Å². The summed E-state index contributed by atoms with van der Waals surface area (Å²) in [6.45, 7) is 0.846. The highest BCUT2D eigenvalue weighted by Crippen LogP contribution is 2.35. The molecule has 1 aliphatic heterocycles. The van der Waals surface area contributed by atoms with Crippen LogP contribution in [-0.2, 0) is 46.4 Å². The number of sulfonamides is 1. The minimum absolute atomic E-state index is 0.00487. The van der Waals surface area contributed by atoms with Crippen LogP contribution in [0.5, 0.6) is 0 Å². The van der Waals surface area contributed by atoms with Crippen molar-refractivity contribution in [3.05, 3.63) is 107 Å². The van der Waals surface area contributed by atoms with E-state index in [1.54, 1.807) is 48.9 Å². The molecule has 0 radical (unpaired) electrons. The van der Waals surface area contributed by atoms with Crippen LogP contribution in [0, 0.1) is 11.3 Å². The Labute approximate surface area is 245 Å². The summed E-state index contributed by atoms with van der Waals surface area (Å²) in [6.07, 6.45) is 4.99. The fraction of sp³-hybridized carbons (Fsp3) is 0.241. The molecule has 1 unspecified atom stereocenters. The Bertz CT molecular complexity index is 1850. The standard InChI is InChI=1S/C29H28ClN5O4S2/c1-33-20-32-16-25(33)19-34-18-24(14-23-13-22(15-31)9-12-28(23)34)35(41(38,39)29-6-4-3-5-27(29)30)17-21-7-10-26(11-8-21)40(2,36)37/h3-13,16,20,24H,14,17-19H2,1-2H3. The smallest absolute Gasteiger partial charge is 0.245 e. The molecule has 0 fully saturated rings. The van der Waals surface area contributed by atoms with Crippen molar-refractivity contribution in [2.75, 3.05) is 17.7 Å². The van der Waals surface area contributed by atoms with Gasteiger partial charge in [-0.3, -0.25) is 0 Å². The lowest BCUT2D eigenvalue weighted by Crippen LogP contribution is -2.50. The molecule has 1 aliphatic rings. The zero-order chi connectivity index (χ0) is 29.4. The maximum absolute atomic E-state index is 14.3. The van der Waals surface area contributed by atoms with Gasteiger partial charge in [0.15, 0.2) is 9.84 Å². The van der Waals surface area contributed by atoms with Gasteiger partial charge in [0.1, 0.15) is 4.90 Å². The predicted octanol–water partition coefficient (Wildman–Crippen LogP) is 4.17. The minimum atomic E-state index is -4.11. The van der Waals surface area contributed by atoms with E-state index in [9.17, 15) is 22.1 Å². The van der Waals surface area contributed by atoms with E-state index in [2.05, 4.69) is 16.0 Å². The summed E-state index contributed by atoms with van der Waals surface area (Å²) in [5.41, 5.74) is 3.84. The van der Waals surface area contributed by atoms with Crippen LogP contribution in [-0.4, -0.2) is 49.5 Å². The lowest BCUT2D eigenvalue weighted by molar-refractivity contribution is 0.302. The number of aryl methyl sites for hydroxylation is 1. The Morgan fingerprint density at radius 2 is 1.80 bits per heavy atom. The summed E-state index contributed by atoms with van der Waals surface area (Å²) in [5.74, 6) is 0. The number of halogens is 1. The first-order chi connectivity index (χ1) is 19.5. The van der Waals surface area contributed by atoms with Crippen molar-refractivity contribution in [3.8, 4) is 6.07 Å². The van der Waals surface area contributed by atoms with E-state index in [1.807, 2.05) is 17.7 Å². The van der Waals surface area contributed by atoms with Crippen LogP contribution in [0.25, 0.3) is 0 Å². The number of nitriles is 1. The van der Waals surface area contributed by atoms with E-state index in [0.29, 0.717) is 30.6 Å². The van der Waals surface area contributed by atoms with Crippen LogP contribution >= 0.6 is 11.6 Å². The molecule has 12 heteroatoms. The van der Waals surface area contributed by atoms with Gasteiger partial charge in [-0.15, -0.1) is 0 Å². The molecular formula is C29H28ClN5O4S2. The van der Waals surface area contributed by atoms with Gasteiger partial charge < -0.3 is 9.47 Å². The van der Waals surface area contributed by atoms with E-state index >= 15 is 0 Å². The average molecular weight is 610 g/mol. The minimum Gasteiger partial charge on any atom is -0.364 e. The van der Waals surface area contributed by atoms with Crippen LogP contribution < -0.4 is 4.90 Å². The van der Waals surface area contributed by atoms with E-state index in [0.717, 1.165) is 23.2 Å². The van der Waals surface area contributed by atoms with Gasteiger partial charge in [0.05, 0.1) is 40.1 Å². The predicted molar refractivity (Wildman–Crippen MR) is 157 cm³/mol. The van der Waals surface area contributed by atoms with Crippen LogP contribution in [0.2, 0.25) is 5.02 Å². The summed E-state index contributed by atoms with van der Waals surface area (Å²) in [4.78, 5) is 6.47. The molecule has 41 heavy (non-hydrogen) atoms. The Morgan fingerprint density at radius 3 is 2.44 bits per heavy atom. The van der Waals surface area contributed by atoms with Crippen molar-refractivity contribution in [3.63, 3.8) is 0 Å². The second-order valence-electron chi connectivity index (χ2n) is 10.1. The molecule has 0 bridgehead atoms. The van der Waals surface area contributed by atoms with Gasteiger partial charge in [0.25, 0.3) is 0 Å². The summed E-state index contributed by atoms with van der Waals surface area (Å²) < 4.78 is 55.9. The highest BCUT2D eigenvalue weighted by molar-refractivity contribution is 7.90. The van der Waals surface area contributed by atoms with Crippen LogP contribution in [0.1, 0.15) is 22.4 Å². The molecule has 0 amide bonds. The fourth-order valence-electron chi connectivity index (χ4n) is 5.09. The first-order valence-electron chi connectivity index (χ1n) is 12.8.